The monoisotopic (exact) mass is 308 g/mol. The first-order chi connectivity index (χ1) is 9.89. The summed E-state index contributed by atoms with van der Waals surface area (Å²) in [5.74, 6) is -0.00275. The van der Waals surface area contributed by atoms with Crippen LogP contribution in [0.3, 0.4) is 0 Å². The third-order valence-electron chi connectivity index (χ3n) is 3.35. The first-order valence-corrected chi connectivity index (χ1v) is 8.30. The number of aromatic nitrogens is 2. The molecule has 114 valence electrons. The van der Waals surface area contributed by atoms with Gasteiger partial charge in [-0.1, -0.05) is 32.0 Å². The predicted molar refractivity (Wildman–Crippen MR) is 83.6 cm³/mol. The smallest absolute Gasteiger partial charge is 0.267 e. The lowest BCUT2D eigenvalue weighted by Gasteiger charge is -2.15. The molecule has 0 bridgehead atoms. The summed E-state index contributed by atoms with van der Waals surface area (Å²) in [7, 11) is -2.11. The molecular weight excluding hydrogens is 288 g/mol. The number of benzene rings is 1. The maximum atomic E-state index is 12.5. The first kappa shape index (κ1) is 15.4. The van der Waals surface area contributed by atoms with Crippen LogP contribution in [0.2, 0.25) is 0 Å². The number of hydrogen-bond donors (Lipinski definition) is 2. The quantitative estimate of drug-likeness (QED) is 0.883. The molecule has 2 rings (SSSR count). The van der Waals surface area contributed by atoms with Gasteiger partial charge in [-0.25, -0.2) is 8.42 Å². The van der Waals surface area contributed by atoms with Crippen LogP contribution < -0.4 is 10.5 Å². The molecule has 1 aromatic heterocycles. The van der Waals surface area contributed by atoms with Gasteiger partial charge in [0.2, 0.25) is 0 Å². The average molecular weight is 308 g/mol. The Hall–Kier alpha value is -2.02. The van der Waals surface area contributed by atoms with Gasteiger partial charge in [-0.3, -0.25) is 9.40 Å². The molecule has 0 radical (unpaired) electrons. The Morgan fingerprint density at radius 1 is 1.24 bits per heavy atom. The summed E-state index contributed by atoms with van der Waals surface area (Å²) in [6.45, 7) is 3.98. The van der Waals surface area contributed by atoms with Crippen molar-refractivity contribution in [3.63, 3.8) is 0 Å². The Morgan fingerprint density at radius 3 is 2.24 bits per heavy atom. The largest absolute Gasteiger partial charge is 0.381 e. The first-order valence-electron chi connectivity index (χ1n) is 6.81. The standard InChI is InChI=1S/C14H20N4O2S/c1-4-10-7-6-8-11(5-2)13(10)17-21(19,20)12-9-18(3)16-14(12)15/h6-9,17H,4-5H2,1-3H3,(H2,15,16). The van der Waals surface area contributed by atoms with Gasteiger partial charge in [0.05, 0.1) is 5.69 Å². The van der Waals surface area contributed by atoms with E-state index in [0.717, 1.165) is 24.0 Å². The van der Waals surface area contributed by atoms with Crippen LogP contribution in [0.25, 0.3) is 0 Å². The van der Waals surface area contributed by atoms with E-state index in [1.807, 2.05) is 32.0 Å². The molecule has 0 aliphatic rings. The Kier molecular flexibility index (Phi) is 4.22. The molecule has 0 saturated heterocycles. The highest BCUT2D eigenvalue weighted by Gasteiger charge is 2.22. The van der Waals surface area contributed by atoms with Crippen molar-refractivity contribution in [1.29, 1.82) is 0 Å². The number of rotatable bonds is 5. The molecule has 0 unspecified atom stereocenters. The second-order valence-electron chi connectivity index (χ2n) is 4.82. The summed E-state index contributed by atoms with van der Waals surface area (Å²) in [5.41, 5.74) is 8.23. The van der Waals surface area contributed by atoms with Crippen molar-refractivity contribution in [2.45, 2.75) is 31.6 Å². The van der Waals surface area contributed by atoms with Crippen LogP contribution >= 0.6 is 0 Å². The molecule has 3 N–H and O–H groups in total. The Bertz CT molecular complexity index is 728. The zero-order chi connectivity index (χ0) is 15.6. The summed E-state index contributed by atoms with van der Waals surface area (Å²) in [6.07, 6.45) is 2.89. The van der Waals surface area contributed by atoms with E-state index in [2.05, 4.69) is 9.82 Å². The number of nitrogens with zero attached hydrogens (tertiary/aromatic N) is 2. The maximum Gasteiger partial charge on any atom is 0.267 e. The van der Waals surface area contributed by atoms with E-state index in [-0.39, 0.29) is 10.7 Å². The number of hydrogen-bond acceptors (Lipinski definition) is 4. The minimum Gasteiger partial charge on any atom is -0.381 e. The predicted octanol–water partition coefficient (Wildman–Crippen LogP) is 1.93. The number of anilines is 2. The van der Waals surface area contributed by atoms with Crippen LogP contribution in [-0.4, -0.2) is 18.2 Å². The van der Waals surface area contributed by atoms with Gasteiger partial charge in [0.1, 0.15) is 4.90 Å². The molecule has 1 heterocycles. The molecule has 0 aliphatic carbocycles. The van der Waals surface area contributed by atoms with Crippen LogP contribution in [0.5, 0.6) is 0 Å². The zero-order valence-corrected chi connectivity index (χ0v) is 13.2. The van der Waals surface area contributed by atoms with Crippen molar-refractivity contribution in [3.05, 3.63) is 35.5 Å². The zero-order valence-electron chi connectivity index (χ0n) is 12.4. The van der Waals surface area contributed by atoms with Gasteiger partial charge in [0.15, 0.2) is 5.82 Å². The molecule has 0 spiro atoms. The van der Waals surface area contributed by atoms with Crippen LogP contribution in [0.4, 0.5) is 11.5 Å². The van der Waals surface area contributed by atoms with E-state index >= 15 is 0 Å². The lowest BCUT2D eigenvalue weighted by Crippen LogP contribution is -2.16. The van der Waals surface area contributed by atoms with Crippen LogP contribution in [0, 0.1) is 0 Å². The molecule has 1 aromatic carbocycles. The molecule has 0 aliphatic heterocycles. The number of sulfonamides is 1. The molecule has 2 aromatic rings. The molecular formula is C14H20N4O2S. The third kappa shape index (κ3) is 3.02. The van der Waals surface area contributed by atoms with Gasteiger partial charge in [-0.2, -0.15) is 5.10 Å². The van der Waals surface area contributed by atoms with E-state index in [1.165, 1.54) is 10.9 Å². The topological polar surface area (TPSA) is 90.0 Å². The maximum absolute atomic E-state index is 12.5. The van der Waals surface area contributed by atoms with Crippen molar-refractivity contribution in [3.8, 4) is 0 Å². The lowest BCUT2D eigenvalue weighted by molar-refractivity contribution is 0.601. The van der Waals surface area contributed by atoms with Crippen LogP contribution in [-0.2, 0) is 29.9 Å². The van der Waals surface area contributed by atoms with E-state index in [0.29, 0.717) is 5.69 Å². The number of nitrogens with two attached hydrogens (primary N) is 1. The van der Waals surface area contributed by atoms with Crippen molar-refractivity contribution >= 4 is 21.5 Å². The average Bonchev–Trinajstić information content (AvgIpc) is 2.78. The van der Waals surface area contributed by atoms with Gasteiger partial charge >= 0.3 is 0 Å². The minimum absolute atomic E-state index is 0.00189. The van der Waals surface area contributed by atoms with E-state index in [9.17, 15) is 8.42 Å². The highest BCUT2D eigenvalue weighted by molar-refractivity contribution is 7.92. The fraction of sp³-hybridized carbons (Fsp3) is 0.357. The summed E-state index contributed by atoms with van der Waals surface area (Å²) in [5, 5.41) is 3.88. The van der Waals surface area contributed by atoms with Gasteiger partial charge < -0.3 is 5.73 Å². The van der Waals surface area contributed by atoms with Crippen LogP contribution in [0.15, 0.2) is 29.3 Å². The molecule has 6 nitrogen and oxygen atoms in total. The second-order valence-corrected chi connectivity index (χ2v) is 6.47. The Morgan fingerprint density at radius 2 is 1.81 bits per heavy atom. The Balaban J connectivity index is 2.48. The van der Waals surface area contributed by atoms with Crippen molar-refractivity contribution in [2.75, 3.05) is 10.5 Å². The SMILES string of the molecule is CCc1cccc(CC)c1NS(=O)(=O)c1cn(C)nc1N. The molecule has 7 heteroatoms. The number of aryl methyl sites for hydroxylation is 3. The second kappa shape index (κ2) is 5.77. The fourth-order valence-corrected chi connectivity index (χ4v) is 3.50. The molecule has 0 amide bonds. The van der Waals surface area contributed by atoms with Gasteiger partial charge in [-0.05, 0) is 24.0 Å². The summed E-state index contributed by atoms with van der Waals surface area (Å²) in [4.78, 5) is -0.00189. The normalized spacial score (nSPS) is 11.6. The molecule has 21 heavy (non-hydrogen) atoms. The number of nitrogen functional groups attached to an aromatic ring is 1. The lowest BCUT2D eigenvalue weighted by atomic mass is 10.0. The summed E-state index contributed by atoms with van der Waals surface area (Å²) < 4.78 is 29.1. The summed E-state index contributed by atoms with van der Waals surface area (Å²) in [6, 6.07) is 5.78. The van der Waals surface area contributed by atoms with Crippen molar-refractivity contribution in [2.24, 2.45) is 7.05 Å². The minimum atomic E-state index is -3.75. The van der Waals surface area contributed by atoms with E-state index < -0.39 is 10.0 Å². The third-order valence-corrected chi connectivity index (χ3v) is 4.71. The van der Waals surface area contributed by atoms with Crippen LogP contribution in [0.1, 0.15) is 25.0 Å². The molecule has 0 fully saturated rings. The van der Waals surface area contributed by atoms with E-state index in [4.69, 9.17) is 5.73 Å². The fourth-order valence-electron chi connectivity index (χ4n) is 2.25. The highest BCUT2D eigenvalue weighted by Crippen LogP contribution is 2.27. The van der Waals surface area contributed by atoms with Gasteiger partial charge in [-0.15, -0.1) is 0 Å². The number of nitrogens with one attached hydrogen (secondary N) is 1. The van der Waals surface area contributed by atoms with Crippen molar-refractivity contribution in [1.82, 2.24) is 9.78 Å². The Labute approximate surface area is 125 Å². The summed E-state index contributed by atoms with van der Waals surface area (Å²) >= 11 is 0. The van der Waals surface area contributed by atoms with Crippen molar-refractivity contribution < 1.29 is 8.42 Å². The van der Waals surface area contributed by atoms with Gasteiger partial charge in [0, 0.05) is 13.2 Å². The van der Waals surface area contributed by atoms with Gasteiger partial charge in [0.25, 0.3) is 10.0 Å². The highest BCUT2D eigenvalue weighted by atomic mass is 32.2. The molecule has 0 atom stereocenters. The molecule has 0 saturated carbocycles. The van der Waals surface area contributed by atoms with E-state index in [1.54, 1.807) is 7.05 Å². The number of para-hydroxylation sites is 1.